The van der Waals surface area contributed by atoms with Crippen LogP contribution in [0.1, 0.15) is 5.56 Å². The number of fused-ring (bicyclic) bond motifs is 1. The van der Waals surface area contributed by atoms with Crippen molar-refractivity contribution in [1.82, 2.24) is 0 Å². The molecule has 0 saturated heterocycles. The Morgan fingerprint density at radius 3 is 3.17 bits per heavy atom. The largest absolute Gasteiger partial charge is 0.492 e. The van der Waals surface area contributed by atoms with Crippen molar-refractivity contribution in [1.29, 1.82) is 0 Å². The van der Waals surface area contributed by atoms with E-state index in [4.69, 9.17) is 16.3 Å². The van der Waals surface area contributed by atoms with Gasteiger partial charge in [-0.15, -0.1) is 0 Å². The molecule has 2 rings (SSSR count). The molecule has 0 bridgehead atoms. The summed E-state index contributed by atoms with van der Waals surface area (Å²) in [6.07, 6.45) is 1.02. The van der Waals surface area contributed by atoms with E-state index < -0.39 is 0 Å². The van der Waals surface area contributed by atoms with Crippen LogP contribution in [0.5, 0.6) is 5.75 Å². The van der Waals surface area contributed by atoms with E-state index in [-0.39, 0.29) is 0 Å². The average molecular weight is 248 g/mol. The third kappa shape index (κ3) is 1.59. The Hall–Kier alpha value is -0.210. The first-order chi connectivity index (χ1) is 5.75. The summed E-state index contributed by atoms with van der Waals surface area (Å²) >= 11 is 9.34. The van der Waals surface area contributed by atoms with Crippen LogP contribution in [0, 0.1) is 0 Å². The normalized spacial score (nSPS) is 21.3. The summed E-state index contributed by atoms with van der Waals surface area (Å²) in [7, 11) is 0. The second-order valence-electron chi connectivity index (χ2n) is 2.86. The first-order valence-corrected chi connectivity index (χ1v) is 5.10. The summed E-state index contributed by atoms with van der Waals surface area (Å²) in [6.45, 7) is 0.730. The lowest BCUT2D eigenvalue weighted by atomic mass is 10.1. The molecular weight excluding hydrogens is 239 g/mol. The number of hydrogen-bond donors (Lipinski definition) is 0. The maximum absolute atomic E-state index is 5.82. The van der Waals surface area contributed by atoms with Gasteiger partial charge >= 0.3 is 0 Å². The molecule has 0 N–H and O–H groups in total. The van der Waals surface area contributed by atoms with Crippen molar-refractivity contribution in [3.63, 3.8) is 0 Å². The average Bonchev–Trinajstić information content (AvgIpc) is 2.05. The van der Waals surface area contributed by atoms with Gasteiger partial charge in [-0.2, -0.15) is 0 Å². The number of ether oxygens (including phenoxy) is 1. The summed E-state index contributed by atoms with van der Waals surface area (Å²) in [5, 5.41) is 0.738. The van der Waals surface area contributed by atoms with E-state index >= 15 is 0 Å². The van der Waals surface area contributed by atoms with Gasteiger partial charge in [-0.05, 0) is 24.1 Å². The van der Waals surface area contributed by atoms with Crippen LogP contribution in [0.25, 0.3) is 0 Å². The summed E-state index contributed by atoms with van der Waals surface area (Å²) in [6, 6.07) is 5.79. The highest BCUT2D eigenvalue weighted by Crippen LogP contribution is 2.29. The molecule has 0 amide bonds. The first kappa shape index (κ1) is 8.39. The topological polar surface area (TPSA) is 9.23 Å². The molecule has 1 nitrogen and oxygen atoms in total. The van der Waals surface area contributed by atoms with Crippen molar-refractivity contribution < 1.29 is 4.74 Å². The van der Waals surface area contributed by atoms with Gasteiger partial charge in [0.25, 0.3) is 0 Å². The lowest BCUT2D eigenvalue weighted by molar-refractivity contribution is 0.296. The van der Waals surface area contributed by atoms with Crippen molar-refractivity contribution in [2.45, 2.75) is 11.2 Å². The van der Waals surface area contributed by atoms with Crippen LogP contribution in [0.2, 0.25) is 5.02 Å². The molecule has 1 aliphatic rings. The Balaban J connectivity index is 2.37. The Bertz CT molecular complexity index is 301. The number of alkyl halides is 1. The van der Waals surface area contributed by atoms with Crippen LogP contribution in [0.3, 0.4) is 0 Å². The number of halogens is 2. The zero-order chi connectivity index (χ0) is 8.55. The zero-order valence-corrected chi connectivity index (χ0v) is 8.73. The Kier molecular flexibility index (Phi) is 2.28. The standard InChI is InChI=1S/C9H8BrClO/c10-7-3-6-1-2-8(11)4-9(6)12-5-7/h1-2,4,7H,3,5H2. The smallest absolute Gasteiger partial charge is 0.124 e. The predicted octanol–water partition coefficient (Wildman–Crippen LogP) is 3.04. The number of hydrogen-bond acceptors (Lipinski definition) is 1. The maximum Gasteiger partial charge on any atom is 0.124 e. The first-order valence-electron chi connectivity index (χ1n) is 3.81. The lowest BCUT2D eigenvalue weighted by Crippen LogP contribution is -2.20. The quantitative estimate of drug-likeness (QED) is 0.640. The van der Waals surface area contributed by atoms with Crippen LogP contribution < -0.4 is 4.74 Å². The predicted molar refractivity (Wildman–Crippen MR) is 53.4 cm³/mol. The van der Waals surface area contributed by atoms with Gasteiger partial charge in [0.05, 0.1) is 4.83 Å². The van der Waals surface area contributed by atoms with E-state index in [1.807, 2.05) is 18.2 Å². The van der Waals surface area contributed by atoms with Crippen molar-refractivity contribution in [2.24, 2.45) is 0 Å². The van der Waals surface area contributed by atoms with Crippen LogP contribution >= 0.6 is 27.5 Å². The molecular formula is C9H8BrClO. The second kappa shape index (κ2) is 3.27. The van der Waals surface area contributed by atoms with Crippen molar-refractivity contribution >= 4 is 27.5 Å². The van der Waals surface area contributed by atoms with Gasteiger partial charge in [0.1, 0.15) is 12.4 Å². The van der Waals surface area contributed by atoms with Crippen LogP contribution in [0.15, 0.2) is 18.2 Å². The molecule has 1 atom stereocenters. The monoisotopic (exact) mass is 246 g/mol. The maximum atomic E-state index is 5.82. The summed E-state index contributed by atoms with van der Waals surface area (Å²) in [5.74, 6) is 0.929. The van der Waals surface area contributed by atoms with Gasteiger partial charge in [-0.25, -0.2) is 0 Å². The fourth-order valence-electron chi connectivity index (χ4n) is 1.31. The minimum Gasteiger partial charge on any atom is -0.492 e. The molecule has 12 heavy (non-hydrogen) atoms. The van der Waals surface area contributed by atoms with E-state index in [0.29, 0.717) is 4.83 Å². The molecule has 0 fully saturated rings. The van der Waals surface area contributed by atoms with E-state index in [9.17, 15) is 0 Å². The van der Waals surface area contributed by atoms with Gasteiger partial charge in [0, 0.05) is 5.02 Å². The Morgan fingerprint density at radius 1 is 1.50 bits per heavy atom. The number of rotatable bonds is 0. The minimum atomic E-state index is 0.436. The lowest BCUT2D eigenvalue weighted by Gasteiger charge is -2.21. The van der Waals surface area contributed by atoms with E-state index in [2.05, 4.69) is 15.9 Å². The summed E-state index contributed by atoms with van der Waals surface area (Å²) in [4.78, 5) is 0.436. The van der Waals surface area contributed by atoms with Gasteiger partial charge in [-0.3, -0.25) is 0 Å². The van der Waals surface area contributed by atoms with Gasteiger partial charge in [0.2, 0.25) is 0 Å². The number of benzene rings is 1. The van der Waals surface area contributed by atoms with Crippen LogP contribution in [-0.4, -0.2) is 11.4 Å². The third-order valence-electron chi connectivity index (χ3n) is 1.89. The van der Waals surface area contributed by atoms with Gasteiger partial charge in [0.15, 0.2) is 0 Å². The molecule has 1 unspecified atom stereocenters. The Labute approximate surface area is 84.8 Å². The molecule has 0 saturated carbocycles. The summed E-state index contributed by atoms with van der Waals surface area (Å²) in [5.41, 5.74) is 1.23. The minimum absolute atomic E-state index is 0.436. The van der Waals surface area contributed by atoms with Gasteiger partial charge < -0.3 is 4.74 Å². The van der Waals surface area contributed by atoms with Crippen LogP contribution in [0.4, 0.5) is 0 Å². The summed E-state index contributed by atoms with van der Waals surface area (Å²) < 4.78 is 5.49. The fourth-order valence-corrected chi connectivity index (χ4v) is 1.95. The van der Waals surface area contributed by atoms with E-state index in [0.717, 1.165) is 23.8 Å². The second-order valence-corrected chi connectivity index (χ2v) is 4.60. The van der Waals surface area contributed by atoms with E-state index in [1.165, 1.54) is 5.56 Å². The molecule has 1 aliphatic heterocycles. The molecule has 0 spiro atoms. The molecule has 3 heteroatoms. The third-order valence-corrected chi connectivity index (χ3v) is 2.71. The zero-order valence-electron chi connectivity index (χ0n) is 6.39. The van der Waals surface area contributed by atoms with Crippen molar-refractivity contribution in [3.8, 4) is 5.75 Å². The molecule has 0 aliphatic carbocycles. The highest BCUT2D eigenvalue weighted by Gasteiger charge is 2.16. The van der Waals surface area contributed by atoms with E-state index in [1.54, 1.807) is 0 Å². The van der Waals surface area contributed by atoms with Crippen LogP contribution in [-0.2, 0) is 6.42 Å². The highest BCUT2D eigenvalue weighted by molar-refractivity contribution is 9.09. The SMILES string of the molecule is Clc1ccc2c(c1)OCC(Br)C2. The molecule has 0 aromatic heterocycles. The molecule has 1 heterocycles. The molecule has 1 aromatic carbocycles. The molecule has 0 radical (unpaired) electrons. The molecule has 64 valence electrons. The van der Waals surface area contributed by atoms with Crippen molar-refractivity contribution in [2.75, 3.05) is 6.61 Å². The fraction of sp³-hybridized carbons (Fsp3) is 0.333. The van der Waals surface area contributed by atoms with Gasteiger partial charge in [-0.1, -0.05) is 33.6 Å². The highest BCUT2D eigenvalue weighted by atomic mass is 79.9. The van der Waals surface area contributed by atoms with Crippen molar-refractivity contribution in [3.05, 3.63) is 28.8 Å². The molecule has 1 aromatic rings. The Morgan fingerprint density at radius 2 is 2.33 bits per heavy atom.